The van der Waals surface area contributed by atoms with Crippen molar-refractivity contribution in [3.63, 3.8) is 0 Å². The second-order valence-electron chi connectivity index (χ2n) is 4.81. The fourth-order valence-corrected chi connectivity index (χ4v) is 1.84. The quantitative estimate of drug-likeness (QED) is 0.768. The first kappa shape index (κ1) is 15.2. The number of nitrogen functional groups attached to an aromatic ring is 1. The predicted octanol–water partition coefficient (Wildman–Crippen LogP) is 3.17. The van der Waals surface area contributed by atoms with E-state index < -0.39 is 6.10 Å². The molecule has 4 nitrogen and oxygen atoms in total. The molecule has 112 valence electrons. The van der Waals surface area contributed by atoms with Gasteiger partial charge < -0.3 is 20.3 Å². The second-order valence-corrected chi connectivity index (χ2v) is 4.81. The number of hydrogen-bond donors (Lipinski definition) is 2. The molecule has 0 aliphatic carbocycles. The van der Waals surface area contributed by atoms with Gasteiger partial charge in [-0.1, -0.05) is 19.1 Å². The van der Waals surface area contributed by atoms with Crippen molar-refractivity contribution in [2.75, 3.05) is 18.9 Å². The summed E-state index contributed by atoms with van der Waals surface area (Å²) in [6.45, 7) is 2.96. The Bertz CT molecular complexity index is 537. The monoisotopic (exact) mass is 287 g/mol. The molecular formula is C17H21NO3. The molecule has 2 aromatic rings. The van der Waals surface area contributed by atoms with Crippen LogP contribution >= 0.6 is 0 Å². The van der Waals surface area contributed by atoms with Crippen LogP contribution in [0, 0.1) is 0 Å². The molecule has 0 heterocycles. The van der Waals surface area contributed by atoms with Crippen LogP contribution < -0.4 is 15.2 Å². The fourth-order valence-electron chi connectivity index (χ4n) is 1.84. The Balaban J connectivity index is 1.86. The van der Waals surface area contributed by atoms with E-state index in [0.717, 1.165) is 17.7 Å². The fraction of sp³-hybridized carbons (Fsp3) is 0.294. The predicted molar refractivity (Wildman–Crippen MR) is 83.5 cm³/mol. The summed E-state index contributed by atoms with van der Waals surface area (Å²) in [6.07, 6.45) is 0.299. The minimum absolute atomic E-state index is 0.194. The summed E-state index contributed by atoms with van der Waals surface area (Å²) in [6, 6.07) is 14.5. The van der Waals surface area contributed by atoms with Crippen LogP contribution in [0.1, 0.15) is 25.0 Å². The summed E-state index contributed by atoms with van der Waals surface area (Å²) in [5.41, 5.74) is 7.08. The molecule has 0 aliphatic heterocycles. The van der Waals surface area contributed by atoms with Gasteiger partial charge in [-0.15, -0.1) is 0 Å². The highest BCUT2D eigenvalue weighted by Crippen LogP contribution is 2.20. The van der Waals surface area contributed by atoms with E-state index in [-0.39, 0.29) is 6.61 Å². The summed E-state index contributed by atoms with van der Waals surface area (Å²) >= 11 is 0. The van der Waals surface area contributed by atoms with Gasteiger partial charge in [-0.2, -0.15) is 0 Å². The van der Waals surface area contributed by atoms with Crippen LogP contribution in [-0.4, -0.2) is 18.3 Å². The highest BCUT2D eigenvalue weighted by atomic mass is 16.5. The number of nitrogens with two attached hydrogens (primary N) is 1. The van der Waals surface area contributed by atoms with Crippen LogP contribution in [0.3, 0.4) is 0 Å². The summed E-state index contributed by atoms with van der Waals surface area (Å²) in [5, 5.41) is 10.1. The van der Waals surface area contributed by atoms with Crippen molar-refractivity contribution in [3.8, 4) is 11.5 Å². The number of rotatable bonds is 7. The number of hydrogen-bond acceptors (Lipinski definition) is 4. The van der Waals surface area contributed by atoms with Gasteiger partial charge in [-0.05, 0) is 48.4 Å². The third-order valence-corrected chi connectivity index (χ3v) is 3.03. The molecule has 1 unspecified atom stereocenters. The molecule has 2 rings (SSSR count). The van der Waals surface area contributed by atoms with Crippen LogP contribution in [0.4, 0.5) is 5.69 Å². The molecule has 21 heavy (non-hydrogen) atoms. The minimum atomic E-state index is -0.679. The van der Waals surface area contributed by atoms with Gasteiger partial charge in [0.25, 0.3) is 0 Å². The zero-order chi connectivity index (χ0) is 15.1. The van der Waals surface area contributed by atoms with E-state index in [9.17, 15) is 5.11 Å². The topological polar surface area (TPSA) is 64.7 Å². The Labute approximate surface area is 125 Å². The number of ether oxygens (including phenoxy) is 2. The smallest absolute Gasteiger partial charge is 0.119 e. The van der Waals surface area contributed by atoms with Gasteiger partial charge in [0.05, 0.1) is 6.61 Å². The molecule has 0 spiro atoms. The summed E-state index contributed by atoms with van der Waals surface area (Å²) in [7, 11) is 0. The van der Waals surface area contributed by atoms with Crippen molar-refractivity contribution >= 4 is 5.69 Å². The molecule has 0 bridgehead atoms. The summed E-state index contributed by atoms with van der Waals surface area (Å²) < 4.78 is 11.1. The van der Waals surface area contributed by atoms with Gasteiger partial charge >= 0.3 is 0 Å². The summed E-state index contributed by atoms with van der Waals surface area (Å²) in [4.78, 5) is 0. The average Bonchev–Trinajstić information content (AvgIpc) is 2.52. The van der Waals surface area contributed by atoms with Gasteiger partial charge in [-0.25, -0.2) is 0 Å². The Morgan fingerprint density at radius 2 is 1.52 bits per heavy atom. The van der Waals surface area contributed by atoms with E-state index in [1.807, 2.05) is 24.3 Å². The lowest BCUT2D eigenvalue weighted by atomic mass is 10.1. The van der Waals surface area contributed by atoms with E-state index in [0.29, 0.717) is 18.0 Å². The summed E-state index contributed by atoms with van der Waals surface area (Å²) in [5.74, 6) is 1.52. The number of aliphatic hydroxyl groups is 1. The van der Waals surface area contributed by atoms with Crippen molar-refractivity contribution in [2.24, 2.45) is 0 Å². The number of aliphatic hydroxyl groups excluding tert-OH is 1. The lowest BCUT2D eigenvalue weighted by Crippen LogP contribution is -2.09. The lowest BCUT2D eigenvalue weighted by molar-refractivity contribution is 0.108. The molecule has 4 heteroatoms. The number of benzene rings is 2. The van der Waals surface area contributed by atoms with Crippen LogP contribution in [-0.2, 0) is 0 Å². The van der Waals surface area contributed by atoms with Crippen LogP contribution in [0.2, 0.25) is 0 Å². The minimum Gasteiger partial charge on any atom is -0.494 e. The van der Waals surface area contributed by atoms with Gasteiger partial charge in [0.1, 0.15) is 24.2 Å². The first-order chi connectivity index (χ1) is 10.2. The Kier molecular flexibility index (Phi) is 5.46. The molecule has 0 saturated heterocycles. The third-order valence-electron chi connectivity index (χ3n) is 3.03. The highest BCUT2D eigenvalue weighted by Gasteiger charge is 2.08. The van der Waals surface area contributed by atoms with Crippen molar-refractivity contribution in [1.29, 1.82) is 0 Å². The zero-order valence-corrected chi connectivity index (χ0v) is 12.2. The second kappa shape index (κ2) is 7.55. The van der Waals surface area contributed by atoms with Gasteiger partial charge in [0.15, 0.2) is 0 Å². The van der Waals surface area contributed by atoms with Gasteiger partial charge in [0.2, 0.25) is 0 Å². The van der Waals surface area contributed by atoms with Crippen LogP contribution in [0.15, 0.2) is 48.5 Å². The molecule has 0 fully saturated rings. The maximum atomic E-state index is 10.1. The standard InChI is InChI=1S/C17H21NO3/c1-2-11-20-15-7-9-16(10-8-15)21-12-17(19)13-3-5-14(18)6-4-13/h3-10,17,19H,2,11-12,18H2,1H3. The van der Waals surface area contributed by atoms with Gasteiger partial charge in [0, 0.05) is 5.69 Å². The molecular weight excluding hydrogens is 266 g/mol. The number of anilines is 1. The molecule has 3 N–H and O–H groups in total. The Morgan fingerprint density at radius 3 is 2.10 bits per heavy atom. The van der Waals surface area contributed by atoms with Crippen molar-refractivity contribution in [2.45, 2.75) is 19.4 Å². The van der Waals surface area contributed by atoms with E-state index in [1.165, 1.54) is 0 Å². The normalized spacial score (nSPS) is 11.9. The molecule has 2 aromatic carbocycles. The van der Waals surface area contributed by atoms with E-state index in [2.05, 4.69) is 6.92 Å². The van der Waals surface area contributed by atoms with E-state index >= 15 is 0 Å². The molecule has 0 radical (unpaired) electrons. The highest BCUT2D eigenvalue weighted by molar-refractivity contribution is 5.40. The third kappa shape index (κ3) is 4.68. The average molecular weight is 287 g/mol. The van der Waals surface area contributed by atoms with Crippen LogP contribution in [0.25, 0.3) is 0 Å². The molecule has 0 aliphatic rings. The van der Waals surface area contributed by atoms with Crippen molar-refractivity contribution in [3.05, 3.63) is 54.1 Å². The van der Waals surface area contributed by atoms with Crippen LogP contribution in [0.5, 0.6) is 11.5 Å². The van der Waals surface area contributed by atoms with Crippen molar-refractivity contribution < 1.29 is 14.6 Å². The lowest BCUT2D eigenvalue weighted by Gasteiger charge is -2.13. The van der Waals surface area contributed by atoms with E-state index in [1.54, 1.807) is 24.3 Å². The van der Waals surface area contributed by atoms with E-state index in [4.69, 9.17) is 15.2 Å². The Hall–Kier alpha value is -2.20. The molecule has 1 atom stereocenters. The molecule has 0 saturated carbocycles. The first-order valence-electron chi connectivity index (χ1n) is 7.08. The Morgan fingerprint density at radius 1 is 0.952 bits per heavy atom. The maximum absolute atomic E-state index is 10.1. The molecule has 0 amide bonds. The SMILES string of the molecule is CCCOc1ccc(OCC(O)c2ccc(N)cc2)cc1. The van der Waals surface area contributed by atoms with Gasteiger partial charge in [-0.3, -0.25) is 0 Å². The maximum Gasteiger partial charge on any atom is 0.119 e. The molecule has 0 aromatic heterocycles. The van der Waals surface area contributed by atoms with Crippen molar-refractivity contribution in [1.82, 2.24) is 0 Å². The first-order valence-corrected chi connectivity index (χ1v) is 7.08. The zero-order valence-electron chi connectivity index (χ0n) is 12.2. The largest absolute Gasteiger partial charge is 0.494 e.